The molecule has 1 aliphatic rings. The summed E-state index contributed by atoms with van der Waals surface area (Å²) in [4.78, 5) is 0. The van der Waals surface area contributed by atoms with Gasteiger partial charge >= 0.3 is 0 Å². The summed E-state index contributed by atoms with van der Waals surface area (Å²) in [7, 11) is 2.35. The summed E-state index contributed by atoms with van der Waals surface area (Å²) in [6, 6.07) is 10.9. The maximum absolute atomic E-state index is 12.8. The van der Waals surface area contributed by atoms with Gasteiger partial charge in [-0.3, -0.25) is 0 Å². The van der Waals surface area contributed by atoms with Gasteiger partial charge in [0.15, 0.2) is 0 Å². The standard InChI is InChI=1S/C24H29NO6S/c1-28-20-9-7-18(22(13-20)30-3)12-17-6-5-11-24(15-17,32(25,26)27)16-19-8-10-21(29-2)14-23(19)31-4/h5-11,13-14H,12,15-16H2,1-4H3,(H2,25,26,27). The largest absolute Gasteiger partial charge is 0.497 e. The van der Waals surface area contributed by atoms with E-state index in [1.807, 2.05) is 30.3 Å². The molecule has 7 nitrogen and oxygen atoms in total. The molecule has 1 aliphatic carbocycles. The number of allylic oxidation sites excluding steroid dienone is 3. The fraction of sp³-hybridized carbons (Fsp3) is 0.333. The summed E-state index contributed by atoms with van der Waals surface area (Å²) in [6.45, 7) is 0. The van der Waals surface area contributed by atoms with Crippen molar-refractivity contribution in [2.75, 3.05) is 28.4 Å². The number of benzene rings is 2. The lowest BCUT2D eigenvalue weighted by molar-refractivity contribution is 0.389. The maximum Gasteiger partial charge on any atom is 0.219 e. The average molecular weight is 460 g/mol. The Bertz CT molecular complexity index is 1140. The van der Waals surface area contributed by atoms with E-state index in [9.17, 15) is 8.42 Å². The summed E-state index contributed by atoms with van der Waals surface area (Å²) >= 11 is 0. The van der Waals surface area contributed by atoms with Crippen molar-refractivity contribution in [2.45, 2.75) is 24.0 Å². The summed E-state index contributed by atoms with van der Waals surface area (Å²) in [6.07, 6.45) is 6.31. The molecule has 1 atom stereocenters. The Morgan fingerprint density at radius 1 is 0.875 bits per heavy atom. The van der Waals surface area contributed by atoms with Crippen LogP contribution >= 0.6 is 0 Å². The molecular weight excluding hydrogens is 430 g/mol. The topological polar surface area (TPSA) is 97.1 Å². The van der Waals surface area contributed by atoms with E-state index in [0.717, 1.165) is 16.7 Å². The first-order valence-corrected chi connectivity index (χ1v) is 11.6. The molecule has 0 amide bonds. The van der Waals surface area contributed by atoms with Gasteiger partial charge in [0.1, 0.15) is 27.7 Å². The predicted octanol–water partition coefficient (Wildman–Crippen LogP) is 3.42. The molecule has 3 rings (SSSR count). The smallest absolute Gasteiger partial charge is 0.219 e. The van der Waals surface area contributed by atoms with Gasteiger partial charge in [-0.1, -0.05) is 35.9 Å². The zero-order valence-electron chi connectivity index (χ0n) is 18.8. The van der Waals surface area contributed by atoms with Crippen molar-refractivity contribution in [3.8, 4) is 23.0 Å². The number of primary sulfonamides is 1. The molecule has 8 heteroatoms. The lowest BCUT2D eigenvalue weighted by Crippen LogP contribution is -2.45. The van der Waals surface area contributed by atoms with Crippen LogP contribution in [0.5, 0.6) is 23.0 Å². The van der Waals surface area contributed by atoms with Crippen LogP contribution in [0.25, 0.3) is 0 Å². The van der Waals surface area contributed by atoms with E-state index in [-0.39, 0.29) is 12.8 Å². The number of methoxy groups -OCH3 is 4. The third kappa shape index (κ3) is 4.92. The van der Waals surface area contributed by atoms with Gasteiger partial charge in [-0.05, 0) is 36.1 Å². The first-order valence-electron chi connectivity index (χ1n) is 10.1. The van der Waals surface area contributed by atoms with Crippen molar-refractivity contribution in [1.82, 2.24) is 0 Å². The highest BCUT2D eigenvalue weighted by Gasteiger charge is 2.42. The molecule has 2 aromatic rings. The normalized spacial score (nSPS) is 18.1. The Kier molecular flexibility index (Phi) is 7.16. The van der Waals surface area contributed by atoms with E-state index in [2.05, 4.69) is 0 Å². The van der Waals surface area contributed by atoms with Crippen LogP contribution in [0.1, 0.15) is 17.5 Å². The third-order valence-corrected chi connectivity index (χ3v) is 7.28. The molecule has 0 saturated carbocycles. The Labute approximate surface area is 189 Å². The van der Waals surface area contributed by atoms with Crippen LogP contribution in [0, 0.1) is 0 Å². The molecule has 0 saturated heterocycles. The van der Waals surface area contributed by atoms with Gasteiger partial charge in [0.05, 0.1) is 28.4 Å². The van der Waals surface area contributed by atoms with Gasteiger partial charge in [-0.15, -0.1) is 0 Å². The van der Waals surface area contributed by atoms with Crippen molar-refractivity contribution in [3.05, 3.63) is 71.3 Å². The van der Waals surface area contributed by atoms with Crippen LogP contribution in [-0.4, -0.2) is 41.6 Å². The number of hydrogen-bond donors (Lipinski definition) is 1. The summed E-state index contributed by atoms with van der Waals surface area (Å²) in [5.41, 5.74) is 2.59. The molecule has 2 N–H and O–H groups in total. The Morgan fingerprint density at radius 2 is 1.44 bits per heavy atom. The second-order valence-corrected chi connectivity index (χ2v) is 9.58. The second-order valence-electron chi connectivity index (χ2n) is 7.68. The van der Waals surface area contributed by atoms with Crippen LogP contribution in [-0.2, 0) is 22.9 Å². The zero-order chi connectivity index (χ0) is 23.4. The van der Waals surface area contributed by atoms with Gasteiger partial charge < -0.3 is 18.9 Å². The summed E-state index contributed by atoms with van der Waals surface area (Å²) < 4.78 is 45.9. The quantitative estimate of drug-likeness (QED) is 0.617. The second kappa shape index (κ2) is 9.67. The minimum Gasteiger partial charge on any atom is -0.497 e. The van der Waals surface area contributed by atoms with Crippen LogP contribution in [0.3, 0.4) is 0 Å². The number of nitrogens with two attached hydrogens (primary N) is 1. The Morgan fingerprint density at radius 3 is 1.97 bits per heavy atom. The molecule has 32 heavy (non-hydrogen) atoms. The van der Waals surface area contributed by atoms with Crippen molar-refractivity contribution < 1.29 is 27.4 Å². The van der Waals surface area contributed by atoms with E-state index >= 15 is 0 Å². The monoisotopic (exact) mass is 459 g/mol. The molecule has 0 radical (unpaired) electrons. The molecule has 0 aromatic heterocycles. The van der Waals surface area contributed by atoms with Gasteiger partial charge in [-0.25, -0.2) is 13.6 Å². The van der Waals surface area contributed by atoms with E-state index in [1.165, 1.54) is 0 Å². The van der Waals surface area contributed by atoms with Crippen molar-refractivity contribution >= 4 is 10.0 Å². The average Bonchev–Trinajstić information content (AvgIpc) is 2.79. The molecular formula is C24H29NO6S. The van der Waals surface area contributed by atoms with Crippen LogP contribution in [0.2, 0.25) is 0 Å². The number of ether oxygens (including phenoxy) is 4. The van der Waals surface area contributed by atoms with Crippen molar-refractivity contribution in [1.29, 1.82) is 0 Å². The van der Waals surface area contributed by atoms with E-state index in [4.69, 9.17) is 24.1 Å². The molecule has 0 fully saturated rings. The maximum atomic E-state index is 12.8. The molecule has 0 bridgehead atoms. The Balaban J connectivity index is 1.93. The van der Waals surface area contributed by atoms with Crippen LogP contribution < -0.4 is 24.1 Å². The highest BCUT2D eigenvalue weighted by molar-refractivity contribution is 7.90. The van der Waals surface area contributed by atoms with Crippen LogP contribution in [0.15, 0.2) is 60.2 Å². The number of rotatable bonds is 9. The van der Waals surface area contributed by atoms with Crippen molar-refractivity contribution in [3.63, 3.8) is 0 Å². The molecule has 1 unspecified atom stereocenters. The molecule has 0 spiro atoms. The van der Waals surface area contributed by atoms with Gasteiger partial charge in [0.25, 0.3) is 0 Å². The zero-order valence-corrected chi connectivity index (χ0v) is 19.6. The highest BCUT2D eigenvalue weighted by atomic mass is 32.2. The minimum atomic E-state index is -3.94. The molecule has 2 aromatic carbocycles. The number of sulfonamides is 1. The van der Waals surface area contributed by atoms with Gasteiger partial charge in [0.2, 0.25) is 10.0 Å². The summed E-state index contributed by atoms with van der Waals surface area (Å²) in [5, 5.41) is 5.78. The highest BCUT2D eigenvalue weighted by Crippen LogP contribution is 2.38. The van der Waals surface area contributed by atoms with Gasteiger partial charge in [0, 0.05) is 18.6 Å². The van der Waals surface area contributed by atoms with E-state index < -0.39 is 14.8 Å². The fourth-order valence-electron chi connectivity index (χ4n) is 3.96. The first kappa shape index (κ1) is 23.7. The lowest BCUT2D eigenvalue weighted by atomic mass is 9.85. The minimum absolute atomic E-state index is 0.173. The molecule has 0 heterocycles. The Hall–Kier alpha value is -2.97. The lowest BCUT2D eigenvalue weighted by Gasteiger charge is -2.32. The first-order chi connectivity index (χ1) is 15.2. The van der Waals surface area contributed by atoms with E-state index in [1.54, 1.807) is 52.7 Å². The van der Waals surface area contributed by atoms with Gasteiger partial charge in [-0.2, -0.15) is 0 Å². The number of hydrogen-bond acceptors (Lipinski definition) is 6. The third-order valence-electron chi connectivity index (χ3n) is 5.72. The predicted molar refractivity (Wildman–Crippen MR) is 124 cm³/mol. The summed E-state index contributed by atoms with van der Waals surface area (Å²) in [5.74, 6) is 2.54. The SMILES string of the molecule is COc1ccc(CC2=CC=CC(Cc3ccc(OC)cc3OC)(S(N)(=O)=O)C2)c(OC)c1. The molecule has 0 aliphatic heterocycles. The molecule has 172 valence electrons. The van der Waals surface area contributed by atoms with E-state index in [0.29, 0.717) is 29.4 Å². The fourth-order valence-corrected chi connectivity index (χ4v) is 4.97. The van der Waals surface area contributed by atoms with Crippen molar-refractivity contribution in [2.24, 2.45) is 5.14 Å². The van der Waals surface area contributed by atoms with Crippen LogP contribution in [0.4, 0.5) is 0 Å².